The molecule has 0 radical (unpaired) electrons. The van der Waals surface area contributed by atoms with Gasteiger partial charge in [-0.15, -0.1) is 0 Å². The van der Waals surface area contributed by atoms with Gasteiger partial charge in [0.2, 0.25) is 0 Å². The lowest BCUT2D eigenvalue weighted by Gasteiger charge is -2.27. The van der Waals surface area contributed by atoms with Crippen LogP contribution < -0.4 is 5.32 Å². The second-order valence-electron chi connectivity index (χ2n) is 3.86. The van der Waals surface area contributed by atoms with E-state index in [2.05, 4.69) is 10.3 Å². The number of nitrogens with one attached hydrogen (secondary N) is 1. The lowest BCUT2D eigenvalue weighted by Crippen LogP contribution is -2.38. The van der Waals surface area contributed by atoms with Gasteiger partial charge >= 0.3 is 0 Å². The Morgan fingerprint density at radius 3 is 2.69 bits per heavy atom. The van der Waals surface area contributed by atoms with Crippen LogP contribution in [0.5, 0.6) is 0 Å². The van der Waals surface area contributed by atoms with Crippen molar-refractivity contribution in [1.29, 1.82) is 0 Å². The lowest BCUT2D eigenvalue weighted by molar-refractivity contribution is -0.385. The van der Waals surface area contributed by atoms with E-state index in [1.807, 2.05) is 13.8 Å². The van der Waals surface area contributed by atoms with Crippen molar-refractivity contribution in [3.05, 3.63) is 28.4 Å². The Labute approximate surface area is 93.5 Å². The van der Waals surface area contributed by atoms with Gasteiger partial charge in [-0.3, -0.25) is 10.1 Å². The van der Waals surface area contributed by atoms with E-state index < -0.39 is 10.5 Å². The zero-order valence-corrected chi connectivity index (χ0v) is 9.30. The average Bonchev–Trinajstić information content (AvgIpc) is 2.29. The molecule has 2 N–H and O–H groups in total. The molecule has 88 valence electrons. The van der Waals surface area contributed by atoms with E-state index in [4.69, 9.17) is 0 Å². The lowest BCUT2D eigenvalue weighted by atomic mass is 10.0. The average molecular weight is 225 g/mol. The van der Waals surface area contributed by atoms with Gasteiger partial charge in [0.05, 0.1) is 17.1 Å². The number of anilines is 1. The fraction of sp³-hybridized carbons (Fsp3) is 0.500. The summed E-state index contributed by atoms with van der Waals surface area (Å²) in [6.45, 7) is 3.77. The fourth-order valence-corrected chi connectivity index (χ4v) is 1.12. The molecule has 16 heavy (non-hydrogen) atoms. The van der Waals surface area contributed by atoms with E-state index >= 15 is 0 Å². The molecule has 0 fully saturated rings. The topological polar surface area (TPSA) is 88.3 Å². The van der Waals surface area contributed by atoms with Crippen molar-refractivity contribution >= 4 is 11.5 Å². The van der Waals surface area contributed by atoms with Gasteiger partial charge in [-0.1, -0.05) is 6.92 Å². The van der Waals surface area contributed by atoms with Gasteiger partial charge in [-0.25, -0.2) is 4.98 Å². The Kier molecular flexibility index (Phi) is 3.78. The highest BCUT2D eigenvalue weighted by Gasteiger charge is 2.21. The van der Waals surface area contributed by atoms with E-state index in [9.17, 15) is 15.2 Å². The third kappa shape index (κ3) is 2.90. The SMILES string of the molecule is CCC(C)(CO)Nc1ccc([N+](=O)[O-])cn1. The zero-order valence-electron chi connectivity index (χ0n) is 9.30. The molecule has 1 aromatic rings. The minimum Gasteiger partial charge on any atom is -0.394 e. The largest absolute Gasteiger partial charge is 0.394 e. The maximum absolute atomic E-state index is 10.4. The molecule has 1 heterocycles. The van der Waals surface area contributed by atoms with Crippen LogP contribution in [0.2, 0.25) is 0 Å². The number of rotatable bonds is 5. The molecule has 0 saturated carbocycles. The molecule has 6 nitrogen and oxygen atoms in total. The van der Waals surface area contributed by atoms with Gasteiger partial charge in [0.25, 0.3) is 5.69 Å². The first-order valence-corrected chi connectivity index (χ1v) is 5.00. The van der Waals surface area contributed by atoms with E-state index in [0.717, 1.165) is 6.42 Å². The monoisotopic (exact) mass is 225 g/mol. The standard InChI is InChI=1S/C10H15N3O3/c1-3-10(2,7-14)12-9-5-4-8(6-11-9)13(15)16/h4-6,14H,3,7H2,1-2H3,(H,11,12). The highest BCUT2D eigenvalue weighted by Crippen LogP contribution is 2.18. The van der Waals surface area contributed by atoms with Gasteiger partial charge in [0.15, 0.2) is 0 Å². The van der Waals surface area contributed by atoms with Crippen LogP contribution in [0, 0.1) is 10.1 Å². The molecule has 0 aromatic carbocycles. The zero-order chi connectivity index (χ0) is 12.2. The minimum absolute atomic E-state index is 0.0256. The van der Waals surface area contributed by atoms with Gasteiger partial charge in [0.1, 0.15) is 12.0 Å². The summed E-state index contributed by atoms with van der Waals surface area (Å²) in [5.41, 5.74) is -0.504. The molecule has 1 unspecified atom stereocenters. The first kappa shape index (κ1) is 12.4. The van der Waals surface area contributed by atoms with Crippen molar-refractivity contribution in [2.24, 2.45) is 0 Å². The predicted octanol–water partition coefficient (Wildman–Crippen LogP) is 1.56. The Balaban J connectivity index is 2.79. The Morgan fingerprint density at radius 2 is 2.31 bits per heavy atom. The molecule has 1 aromatic heterocycles. The third-order valence-corrected chi connectivity index (χ3v) is 2.52. The summed E-state index contributed by atoms with van der Waals surface area (Å²) in [5, 5.41) is 22.6. The molecule has 0 aliphatic carbocycles. The molecule has 0 aliphatic heterocycles. The number of aliphatic hydroxyl groups excluding tert-OH is 1. The second kappa shape index (κ2) is 4.89. The van der Waals surface area contributed by atoms with Crippen molar-refractivity contribution in [3.63, 3.8) is 0 Å². The highest BCUT2D eigenvalue weighted by molar-refractivity contribution is 5.42. The Bertz CT molecular complexity index is 360. The van der Waals surface area contributed by atoms with E-state index in [-0.39, 0.29) is 12.3 Å². The summed E-state index contributed by atoms with van der Waals surface area (Å²) in [6.07, 6.45) is 1.91. The van der Waals surface area contributed by atoms with Crippen molar-refractivity contribution < 1.29 is 10.0 Å². The molecule has 0 bridgehead atoms. The number of hydrogen-bond donors (Lipinski definition) is 2. The van der Waals surface area contributed by atoms with Crippen LogP contribution in [0.3, 0.4) is 0 Å². The predicted molar refractivity (Wildman–Crippen MR) is 60.3 cm³/mol. The normalized spacial score (nSPS) is 14.2. The summed E-state index contributed by atoms with van der Waals surface area (Å²) >= 11 is 0. The smallest absolute Gasteiger partial charge is 0.287 e. The maximum atomic E-state index is 10.4. The Morgan fingerprint density at radius 1 is 1.62 bits per heavy atom. The van der Waals surface area contributed by atoms with E-state index in [1.165, 1.54) is 18.3 Å². The van der Waals surface area contributed by atoms with Crippen LogP contribution >= 0.6 is 0 Å². The molecule has 6 heteroatoms. The van der Waals surface area contributed by atoms with Gasteiger partial charge in [-0.2, -0.15) is 0 Å². The number of pyridine rings is 1. The van der Waals surface area contributed by atoms with Crippen LogP contribution in [0.4, 0.5) is 11.5 Å². The molecule has 1 rings (SSSR count). The van der Waals surface area contributed by atoms with Gasteiger partial charge in [0, 0.05) is 6.07 Å². The molecule has 0 aliphatic rings. The van der Waals surface area contributed by atoms with Crippen molar-refractivity contribution in [3.8, 4) is 0 Å². The molecular formula is C10H15N3O3. The molecule has 0 saturated heterocycles. The van der Waals surface area contributed by atoms with Gasteiger partial charge < -0.3 is 10.4 Å². The first-order chi connectivity index (χ1) is 7.50. The summed E-state index contributed by atoms with van der Waals surface area (Å²) in [7, 11) is 0. The number of nitro groups is 1. The maximum Gasteiger partial charge on any atom is 0.287 e. The van der Waals surface area contributed by atoms with Crippen molar-refractivity contribution in [2.45, 2.75) is 25.8 Å². The van der Waals surface area contributed by atoms with Crippen molar-refractivity contribution in [2.75, 3.05) is 11.9 Å². The fourth-order valence-electron chi connectivity index (χ4n) is 1.12. The summed E-state index contributed by atoms with van der Waals surface area (Å²) in [6, 6.07) is 2.91. The highest BCUT2D eigenvalue weighted by atomic mass is 16.6. The summed E-state index contributed by atoms with van der Waals surface area (Å²) in [5.74, 6) is 0.518. The van der Waals surface area contributed by atoms with Crippen molar-refractivity contribution in [1.82, 2.24) is 4.98 Å². The second-order valence-corrected chi connectivity index (χ2v) is 3.86. The number of aromatic nitrogens is 1. The van der Waals surface area contributed by atoms with Crippen LogP contribution in [0.1, 0.15) is 20.3 Å². The van der Waals surface area contributed by atoms with E-state index in [0.29, 0.717) is 5.82 Å². The van der Waals surface area contributed by atoms with E-state index in [1.54, 1.807) is 0 Å². The van der Waals surface area contributed by atoms with Crippen LogP contribution in [-0.2, 0) is 0 Å². The summed E-state index contributed by atoms with van der Waals surface area (Å²) < 4.78 is 0. The first-order valence-electron chi connectivity index (χ1n) is 5.00. The molecular weight excluding hydrogens is 210 g/mol. The third-order valence-electron chi connectivity index (χ3n) is 2.52. The number of hydrogen-bond acceptors (Lipinski definition) is 5. The number of nitrogens with zero attached hydrogens (tertiary/aromatic N) is 2. The molecule has 0 spiro atoms. The minimum atomic E-state index is -0.498. The van der Waals surface area contributed by atoms with Crippen LogP contribution in [-0.4, -0.2) is 27.2 Å². The molecule has 0 amide bonds. The quantitative estimate of drug-likeness (QED) is 0.586. The molecule has 1 atom stereocenters. The number of aliphatic hydroxyl groups is 1. The van der Waals surface area contributed by atoms with Gasteiger partial charge in [-0.05, 0) is 19.4 Å². The Hall–Kier alpha value is -1.69. The summed E-state index contributed by atoms with van der Waals surface area (Å²) in [4.78, 5) is 13.8. The van der Waals surface area contributed by atoms with Crippen LogP contribution in [0.15, 0.2) is 18.3 Å². The van der Waals surface area contributed by atoms with Crippen LogP contribution in [0.25, 0.3) is 0 Å².